The third-order valence-electron chi connectivity index (χ3n) is 6.87. The Balaban J connectivity index is 1.47. The van der Waals surface area contributed by atoms with Crippen LogP contribution in [-0.4, -0.2) is 45.8 Å². The van der Waals surface area contributed by atoms with Gasteiger partial charge >= 0.3 is 12.1 Å². The van der Waals surface area contributed by atoms with E-state index < -0.39 is 73.5 Å². The van der Waals surface area contributed by atoms with Gasteiger partial charge in [0.25, 0.3) is 5.89 Å². The van der Waals surface area contributed by atoms with Crippen LogP contribution in [0.2, 0.25) is 0 Å². The van der Waals surface area contributed by atoms with Gasteiger partial charge in [-0.1, -0.05) is 0 Å². The number of halogens is 5. The maximum absolute atomic E-state index is 13.8. The fraction of sp³-hybridized carbons (Fsp3) is 0.560. The van der Waals surface area contributed by atoms with Crippen LogP contribution in [0.3, 0.4) is 0 Å². The minimum atomic E-state index is -4.45. The molecule has 2 atom stereocenters. The number of rotatable bonds is 10. The second-order valence-corrected chi connectivity index (χ2v) is 9.94. The molecule has 0 saturated heterocycles. The second kappa shape index (κ2) is 11.7. The quantitative estimate of drug-likeness (QED) is 0.368. The molecular weight excluding hydrogens is 529 g/mol. The lowest BCUT2D eigenvalue weighted by molar-refractivity contribution is -0.144. The van der Waals surface area contributed by atoms with Gasteiger partial charge in [0.05, 0.1) is 18.7 Å². The number of anilines is 1. The highest BCUT2D eigenvalue weighted by molar-refractivity contribution is 5.99. The Morgan fingerprint density at radius 3 is 2.36 bits per heavy atom. The SMILES string of the molecule is O=C(CCC(F)(F)F)NC(c1ccnc(NC(=O)[C@@H](NC(=O)c2ncco2)C2CCC(F)(F)CC2)c1)C1CC1. The van der Waals surface area contributed by atoms with Gasteiger partial charge in [-0.05, 0) is 55.2 Å². The molecule has 2 saturated carbocycles. The Kier molecular flexibility index (Phi) is 8.50. The largest absolute Gasteiger partial charge is 0.441 e. The topological polar surface area (TPSA) is 126 Å². The van der Waals surface area contributed by atoms with Crippen LogP contribution in [-0.2, 0) is 9.59 Å². The summed E-state index contributed by atoms with van der Waals surface area (Å²) in [4.78, 5) is 45.9. The van der Waals surface area contributed by atoms with Gasteiger partial charge in [0.1, 0.15) is 18.1 Å². The Labute approximate surface area is 220 Å². The molecule has 39 heavy (non-hydrogen) atoms. The van der Waals surface area contributed by atoms with Crippen LogP contribution >= 0.6 is 0 Å². The highest BCUT2D eigenvalue weighted by Crippen LogP contribution is 2.42. The van der Waals surface area contributed by atoms with Gasteiger partial charge in [0.2, 0.25) is 17.7 Å². The summed E-state index contributed by atoms with van der Waals surface area (Å²) in [5.41, 5.74) is 0.542. The van der Waals surface area contributed by atoms with Crippen molar-refractivity contribution in [3.05, 3.63) is 42.2 Å². The Morgan fingerprint density at radius 1 is 1.03 bits per heavy atom. The molecule has 9 nitrogen and oxygen atoms in total. The van der Waals surface area contributed by atoms with E-state index in [4.69, 9.17) is 4.42 Å². The molecule has 2 aliphatic rings. The average Bonchev–Trinajstić information content (AvgIpc) is 3.56. The summed E-state index contributed by atoms with van der Waals surface area (Å²) in [6.45, 7) is 0. The molecule has 2 heterocycles. The van der Waals surface area contributed by atoms with Gasteiger partial charge in [-0.2, -0.15) is 13.2 Å². The van der Waals surface area contributed by atoms with E-state index in [2.05, 4.69) is 25.9 Å². The number of nitrogens with zero attached hydrogens (tertiary/aromatic N) is 2. The number of carbonyl (C=O) groups excluding carboxylic acids is 3. The number of amides is 3. The molecule has 212 valence electrons. The van der Waals surface area contributed by atoms with E-state index in [1.165, 1.54) is 24.7 Å². The first kappa shape index (κ1) is 28.4. The number of oxazole rings is 1. The molecule has 0 bridgehead atoms. The van der Waals surface area contributed by atoms with Gasteiger partial charge in [0, 0.05) is 25.5 Å². The van der Waals surface area contributed by atoms with E-state index in [1.807, 2.05) is 0 Å². The number of carbonyl (C=O) groups is 3. The lowest BCUT2D eigenvalue weighted by Crippen LogP contribution is -2.50. The molecule has 0 aromatic carbocycles. The minimum absolute atomic E-state index is 0.00186. The van der Waals surface area contributed by atoms with Crippen molar-refractivity contribution in [2.45, 2.75) is 75.5 Å². The predicted octanol–water partition coefficient (Wildman–Crippen LogP) is 4.54. The Hall–Kier alpha value is -3.58. The zero-order valence-corrected chi connectivity index (χ0v) is 20.8. The highest BCUT2D eigenvalue weighted by atomic mass is 19.4. The van der Waals surface area contributed by atoms with Crippen molar-refractivity contribution >= 4 is 23.5 Å². The average molecular weight is 558 g/mol. The lowest BCUT2D eigenvalue weighted by Gasteiger charge is -2.33. The zero-order chi connectivity index (χ0) is 28.2. The minimum Gasteiger partial charge on any atom is -0.441 e. The van der Waals surface area contributed by atoms with Crippen LogP contribution < -0.4 is 16.0 Å². The van der Waals surface area contributed by atoms with E-state index in [-0.39, 0.29) is 30.5 Å². The molecule has 0 radical (unpaired) electrons. The molecule has 14 heteroatoms. The summed E-state index contributed by atoms with van der Waals surface area (Å²) in [6, 6.07) is 1.33. The first-order valence-corrected chi connectivity index (χ1v) is 12.6. The summed E-state index contributed by atoms with van der Waals surface area (Å²) in [5.74, 6) is -5.83. The van der Waals surface area contributed by atoms with Crippen molar-refractivity contribution in [1.29, 1.82) is 0 Å². The monoisotopic (exact) mass is 557 g/mol. The summed E-state index contributed by atoms with van der Waals surface area (Å²) >= 11 is 0. The molecular formula is C25H28F5N5O4. The van der Waals surface area contributed by atoms with Crippen molar-refractivity contribution in [2.24, 2.45) is 11.8 Å². The van der Waals surface area contributed by atoms with E-state index in [9.17, 15) is 36.3 Å². The van der Waals surface area contributed by atoms with Crippen LogP contribution in [0, 0.1) is 11.8 Å². The molecule has 4 rings (SSSR count). The summed E-state index contributed by atoms with van der Waals surface area (Å²) in [6.07, 6.45) is -1.90. The number of pyridine rings is 1. The number of aromatic nitrogens is 2. The summed E-state index contributed by atoms with van der Waals surface area (Å²) < 4.78 is 70.0. The van der Waals surface area contributed by atoms with E-state index in [0.29, 0.717) is 5.56 Å². The van der Waals surface area contributed by atoms with Crippen molar-refractivity contribution < 1.29 is 40.8 Å². The van der Waals surface area contributed by atoms with E-state index in [0.717, 1.165) is 12.8 Å². The summed E-state index contributed by atoms with van der Waals surface area (Å²) in [5, 5.41) is 7.77. The fourth-order valence-corrected chi connectivity index (χ4v) is 4.65. The maximum atomic E-state index is 13.8. The molecule has 1 unspecified atom stereocenters. The van der Waals surface area contributed by atoms with E-state index in [1.54, 1.807) is 6.07 Å². The fourth-order valence-electron chi connectivity index (χ4n) is 4.65. The van der Waals surface area contributed by atoms with Gasteiger partial charge < -0.3 is 20.4 Å². The van der Waals surface area contributed by atoms with Crippen LogP contribution in [0.5, 0.6) is 0 Å². The number of hydrogen-bond acceptors (Lipinski definition) is 6. The van der Waals surface area contributed by atoms with Crippen molar-refractivity contribution in [3.8, 4) is 0 Å². The molecule has 0 aliphatic heterocycles. The standard InChI is InChI=1S/C25H28F5N5O4/c26-24(27)7-3-15(4-8-24)20(35-22(38)23-32-11-12-39-23)21(37)33-17-13-16(6-10-31-17)19(14-1-2-14)34-18(36)5-9-25(28,29)30/h6,10-15,19-20H,1-5,7-9H2,(H,34,36)(H,35,38)(H,31,33,37)/t19?,20-/m0/s1. The van der Waals surface area contributed by atoms with Gasteiger partial charge in [-0.25, -0.2) is 18.7 Å². The maximum Gasteiger partial charge on any atom is 0.389 e. The van der Waals surface area contributed by atoms with Crippen molar-refractivity contribution in [2.75, 3.05) is 5.32 Å². The molecule has 2 fully saturated rings. The van der Waals surface area contributed by atoms with Crippen LogP contribution in [0.4, 0.5) is 27.8 Å². The second-order valence-electron chi connectivity index (χ2n) is 9.94. The first-order valence-electron chi connectivity index (χ1n) is 12.6. The Bertz CT molecular complexity index is 1160. The van der Waals surface area contributed by atoms with Gasteiger partial charge in [-0.15, -0.1) is 0 Å². The number of hydrogen-bond donors (Lipinski definition) is 3. The van der Waals surface area contributed by atoms with Gasteiger partial charge in [0.15, 0.2) is 0 Å². The van der Waals surface area contributed by atoms with Crippen molar-refractivity contribution in [3.63, 3.8) is 0 Å². The molecule has 2 aliphatic carbocycles. The third kappa shape index (κ3) is 8.20. The first-order chi connectivity index (χ1) is 18.4. The molecule has 0 spiro atoms. The van der Waals surface area contributed by atoms with Crippen molar-refractivity contribution in [1.82, 2.24) is 20.6 Å². The third-order valence-corrected chi connectivity index (χ3v) is 6.87. The van der Waals surface area contributed by atoms with Gasteiger partial charge in [-0.3, -0.25) is 14.4 Å². The number of alkyl halides is 5. The predicted molar refractivity (Wildman–Crippen MR) is 126 cm³/mol. The Morgan fingerprint density at radius 2 is 1.74 bits per heavy atom. The summed E-state index contributed by atoms with van der Waals surface area (Å²) in [7, 11) is 0. The lowest BCUT2D eigenvalue weighted by atomic mass is 9.81. The molecule has 3 N–H and O–H groups in total. The smallest absolute Gasteiger partial charge is 0.389 e. The van der Waals surface area contributed by atoms with Crippen LogP contribution in [0.25, 0.3) is 0 Å². The van der Waals surface area contributed by atoms with E-state index >= 15 is 0 Å². The molecule has 2 aromatic rings. The molecule has 2 aromatic heterocycles. The zero-order valence-electron chi connectivity index (χ0n) is 20.8. The van der Waals surface area contributed by atoms with Crippen LogP contribution in [0.15, 0.2) is 35.2 Å². The normalized spacial score (nSPS) is 19.1. The highest BCUT2D eigenvalue weighted by Gasteiger charge is 2.41. The van der Waals surface area contributed by atoms with Crippen LogP contribution in [0.1, 0.15) is 73.7 Å². The molecule has 3 amide bonds. The number of nitrogens with one attached hydrogen (secondary N) is 3.